The molecule has 0 saturated carbocycles. The molecule has 0 radical (unpaired) electrons. The van der Waals surface area contributed by atoms with Gasteiger partial charge in [0.25, 0.3) is 5.91 Å². The first-order valence-electron chi connectivity index (χ1n) is 11.4. The largest absolute Gasteiger partial charge is 0.494 e. The second-order valence-electron chi connectivity index (χ2n) is 8.44. The van der Waals surface area contributed by atoms with Crippen LogP contribution in [0.25, 0.3) is 10.8 Å². The molecule has 0 atom stereocenters. The van der Waals surface area contributed by atoms with Crippen LogP contribution in [0.15, 0.2) is 66.7 Å². The molecule has 178 valence electrons. The lowest BCUT2D eigenvalue weighted by atomic mass is 10.0. The number of imide groups is 1. The first-order chi connectivity index (χ1) is 16.3. The maximum atomic E-state index is 12.5. The quantitative estimate of drug-likeness (QED) is 0.152. The molecule has 3 aromatic carbocycles. The van der Waals surface area contributed by atoms with E-state index >= 15 is 0 Å². The predicted octanol–water partition coefficient (Wildman–Crippen LogP) is 4.07. The van der Waals surface area contributed by atoms with Gasteiger partial charge in [-0.3, -0.25) is 14.4 Å². The predicted molar refractivity (Wildman–Crippen MR) is 133 cm³/mol. The summed E-state index contributed by atoms with van der Waals surface area (Å²) in [6.45, 7) is 1.50. The van der Waals surface area contributed by atoms with E-state index in [4.69, 9.17) is 10.6 Å². The summed E-state index contributed by atoms with van der Waals surface area (Å²) in [6.07, 6.45) is 1.41. The minimum atomic E-state index is -0.593. The van der Waals surface area contributed by atoms with Crippen LogP contribution in [0.1, 0.15) is 46.4 Å². The summed E-state index contributed by atoms with van der Waals surface area (Å²) in [4.78, 5) is 39.5. The van der Waals surface area contributed by atoms with Crippen molar-refractivity contribution in [2.45, 2.75) is 25.7 Å². The zero-order valence-corrected chi connectivity index (χ0v) is 19.7. The van der Waals surface area contributed by atoms with E-state index in [9.17, 15) is 14.4 Å². The van der Waals surface area contributed by atoms with Gasteiger partial charge in [-0.05, 0) is 68.0 Å². The Hall–Kier alpha value is -3.55. The Bertz CT molecular complexity index is 1140. The van der Waals surface area contributed by atoms with Crippen LogP contribution in [0.2, 0.25) is 0 Å². The van der Waals surface area contributed by atoms with Gasteiger partial charge in [-0.1, -0.05) is 36.4 Å². The van der Waals surface area contributed by atoms with Crippen molar-refractivity contribution in [1.29, 1.82) is 0 Å². The summed E-state index contributed by atoms with van der Waals surface area (Å²) in [6, 6.07) is 19.9. The number of rotatable bonds is 11. The molecule has 7 nitrogen and oxygen atoms in total. The minimum absolute atomic E-state index is 0.00856. The number of hydrogen-bond donors (Lipinski definition) is 1. The Morgan fingerprint density at radius 3 is 2.21 bits per heavy atom. The first-order valence-corrected chi connectivity index (χ1v) is 11.4. The average Bonchev–Trinajstić information content (AvgIpc) is 2.85. The number of benzene rings is 3. The van der Waals surface area contributed by atoms with Crippen LogP contribution in [0.3, 0.4) is 0 Å². The molecule has 0 bridgehead atoms. The number of nitrogens with zero attached hydrogens (tertiary/aromatic N) is 2. The first kappa shape index (κ1) is 25.1. The van der Waals surface area contributed by atoms with Crippen molar-refractivity contribution in [2.24, 2.45) is 5.84 Å². The SMILES string of the molecule is CN(C)CCCOc1ccc(C(=O)N(N)C(=O)CCCC(=O)c2ccc3ccccc3c2)cc1. The van der Waals surface area contributed by atoms with Gasteiger partial charge in [-0.15, -0.1) is 0 Å². The van der Waals surface area contributed by atoms with Crippen molar-refractivity contribution in [3.8, 4) is 5.75 Å². The Morgan fingerprint density at radius 2 is 1.50 bits per heavy atom. The summed E-state index contributed by atoms with van der Waals surface area (Å²) in [5.74, 6) is 5.24. The lowest BCUT2D eigenvalue weighted by molar-refractivity contribution is -0.128. The third-order valence-electron chi connectivity index (χ3n) is 5.47. The van der Waals surface area contributed by atoms with Crippen molar-refractivity contribution in [3.63, 3.8) is 0 Å². The Kier molecular flexibility index (Phi) is 8.90. The molecule has 0 aliphatic rings. The standard InChI is InChI=1S/C27H31N3O4/c1-29(2)17-6-18-34-24-15-13-21(14-16-24)27(33)30(28)26(32)10-5-9-25(31)23-12-11-20-7-3-4-8-22(20)19-23/h3-4,7-8,11-16,19H,5-6,9-10,17-18,28H2,1-2H3. The molecule has 0 aromatic heterocycles. The van der Waals surface area contributed by atoms with Crippen LogP contribution in [-0.4, -0.2) is 54.8 Å². The van der Waals surface area contributed by atoms with E-state index in [2.05, 4.69) is 4.90 Å². The lowest BCUT2D eigenvalue weighted by Gasteiger charge is -2.15. The van der Waals surface area contributed by atoms with Crippen molar-refractivity contribution >= 4 is 28.4 Å². The molecule has 0 fully saturated rings. The number of ketones is 1. The maximum absolute atomic E-state index is 12.5. The molecule has 0 unspecified atom stereocenters. The molecular weight excluding hydrogens is 430 g/mol. The van der Waals surface area contributed by atoms with Crippen LogP contribution < -0.4 is 10.6 Å². The van der Waals surface area contributed by atoms with Crippen molar-refractivity contribution in [3.05, 3.63) is 77.9 Å². The van der Waals surface area contributed by atoms with Crippen LogP contribution in [0, 0.1) is 0 Å². The zero-order chi connectivity index (χ0) is 24.5. The van der Waals surface area contributed by atoms with E-state index < -0.39 is 11.8 Å². The minimum Gasteiger partial charge on any atom is -0.494 e. The van der Waals surface area contributed by atoms with E-state index in [0.29, 0.717) is 34.9 Å². The Balaban J connectivity index is 1.46. The number of hydrogen-bond acceptors (Lipinski definition) is 6. The average molecular weight is 462 g/mol. The monoisotopic (exact) mass is 461 g/mol. The van der Waals surface area contributed by atoms with Gasteiger partial charge in [0.1, 0.15) is 5.75 Å². The summed E-state index contributed by atoms with van der Waals surface area (Å²) in [5.41, 5.74) is 0.902. The molecule has 0 spiro atoms. The molecule has 7 heteroatoms. The number of nitrogens with two attached hydrogens (primary N) is 1. The normalized spacial score (nSPS) is 10.9. The van der Waals surface area contributed by atoms with E-state index in [1.165, 1.54) is 0 Å². The highest BCUT2D eigenvalue weighted by atomic mass is 16.5. The fraction of sp³-hybridized carbons (Fsp3) is 0.296. The van der Waals surface area contributed by atoms with Gasteiger partial charge in [0.15, 0.2) is 5.78 Å². The fourth-order valence-electron chi connectivity index (χ4n) is 3.54. The molecule has 34 heavy (non-hydrogen) atoms. The molecule has 0 aliphatic heterocycles. The lowest BCUT2D eigenvalue weighted by Crippen LogP contribution is -2.42. The van der Waals surface area contributed by atoms with Gasteiger partial charge in [-0.2, -0.15) is 0 Å². The smallest absolute Gasteiger partial charge is 0.274 e. The van der Waals surface area contributed by atoms with Gasteiger partial charge in [0, 0.05) is 30.5 Å². The molecule has 3 rings (SSSR count). The van der Waals surface area contributed by atoms with E-state index in [1.54, 1.807) is 30.3 Å². The number of carbonyl (C=O) groups is 3. The third-order valence-corrected chi connectivity index (χ3v) is 5.47. The summed E-state index contributed by atoms with van der Waals surface area (Å²) in [7, 11) is 4.01. The zero-order valence-electron chi connectivity index (χ0n) is 19.7. The van der Waals surface area contributed by atoms with Crippen molar-refractivity contribution in [2.75, 3.05) is 27.2 Å². The number of hydrazine groups is 1. The number of fused-ring (bicyclic) bond motifs is 1. The van der Waals surface area contributed by atoms with Crippen molar-refractivity contribution in [1.82, 2.24) is 9.91 Å². The highest BCUT2D eigenvalue weighted by Crippen LogP contribution is 2.18. The Morgan fingerprint density at radius 1 is 0.824 bits per heavy atom. The summed E-state index contributed by atoms with van der Waals surface area (Å²) in [5, 5.41) is 2.68. The fourth-order valence-corrected chi connectivity index (χ4v) is 3.54. The molecule has 0 aliphatic carbocycles. The second kappa shape index (κ2) is 12.1. The topological polar surface area (TPSA) is 92.9 Å². The number of amides is 2. The molecule has 3 aromatic rings. The van der Waals surface area contributed by atoms with Gasteiger partial charge in [0.05, 0.1) is 6.61 Å². The van der Waals surface area contributed by atoms with E-state index in [1.807, 2.05) is 50.5 Å². The maximum Gasteiger partial charge on any atom is 0.274 e. The van der Waals surface area contributed by atoms with Crippen LogP contribution in [0.4, 0.5) is 0 Å². The summed E-state index contributed by atoms with van der Waals surface area (Å²) >= 11 is 0. The second-order valence-corrected chi connectivity index (χ2v) is 8.44. The van der Waals surface area contributed by atoms with Crippen LogP contribution >= 0.6 is 0 Å². The number of Topliss-reactive ketones (excluding diaryl/α,β-unsaturated/α-hetero) is 1. The highest BCUT2D eigenvalue weighted by molar-refractivity contribution is 6.04. The Labute approximate surface area is 200 Å². The molecule has 0 heterocycles. The molecule has 0 saturated heterocycles. The van der Waals surface area contributed by atoms with Gasteiger partial charge in [-0.25, -0.2) is 10.9 Å². The van der Waals surface area contributed by atoms with Crippen molar-refractivity contribution < 1.29 is 19.1 Å². The molecule has 2 amide bonds. The van der Waals surface area contributed by atoms with Crippen LogP contribution in [0.5, 0.6) is 5.75 Å². The van der Waals surface area contributed by atoms with Gasteiger partial charge < -0.3 is 9.64 Å². The molecule has 2 N–H and O–H groups in total. The summed E-state index contributed by atoms with van der Waals surface area (Å²) < 4.78 is 5.65. The number of ether oxygens (including phenoxy) is 1. The van der Waals surface area contributed by atoms with E-state index in [-0.39, 0.29) is 18.6 Å². The highest BCUT2D eigenvalue weighted by Gasteiger charge is 2.20. The van der Waals surface area contributed by atoms with Gasteiger partial charge in [0.2, 0.25) is 5.91 Å². The van der Waals surface area contributed by atoms with Crippen LogP contribution in [-0.2, 0) is 4.79 Å². The van der Waals surface area contributed by atoms with Gasteiger partial charge >= 0.3 is 0 Å². The van der Waals surface area contributed by atoms with E-state index in [0.717, 1.165) is 23.7 Å². The number of carbonyl (C=O) groups excluding carboxylic acids is 3. The third kappa shape index (κ3) is 6.97. The molecular formula is C27H31N3O4.